The molecular formula is C12H14O2. The predicted molar refractivity (Wildman–Crippen MR) is 55.7 cm³/mol. The molecule has 1 aromatic rings. The van der Waals surface area contributed by atoms with Crippen molar-refractivity contribution in [2.24, 2.45) is 0 Å². The summed E-state index contributed by atoms with van der Waals surface area (Å²) in [5.74, 6) is 6.52. The molecule has 14 heavy (non-hydrogen) atoms. The summed E-state index contributed by atoms with van der Waals surface area (Å²) < 4.78 is 0. The minimum absolute atomic E-state index is 0.573. The zero-order valence-electron chi connectivity index (χ0n) is 8.32. The molecule has 0 unspecified atom stereocenters. The number of benzene rings is 1. The van der Waals surface area contributed by atoms with Crippen LogP contribution in [0.2, 0.25) is 0 Å². The molecule has 0 N–H and O–H groups in total. The lowest BCUT2D eigenvalue weighted by Gasteiger charge is -2.02. The monoisotopic (exact) mass is 190 g/mol. The first-order chi connectivity index (χ1) is 6.93. The molecule has 2 nitrogen and oxygen atoms in total. The van der Waals surface area contributed by atoms with E-state index in [-0.39, 0.29) is 0 Å². The largest absolute Gasteiger partial charge is 0.338 e. The average Bonchev–Trinajstić information content (AvgIpc) is 2.25. The third-order valence-corrected chi connectivity index (χ3v) is 1.60. The van der Waals surface area contributed by atoms with Crippen molar-refractivity contribution in [2.45, 2.75) is 19.8 Å². The Morgan fingerprint density at radius 2 is 2.00 bits per heavy atom. The van der Waals surface area contributed by atoms with E-state index >= 15 is 0 Å². The highest BCUT2D eigenvalue weighted by molar-refractivity contribution is 5.20. The van der Waals surface area contributed by atoms with Gasteiger partial charge in [-0.1, -0.05) is 18.2 Å². The lowest BCUT2D eigenvalue weighted by molar-refractivity contribution is -0.206. The van der Waals surface area contributed by atoms with Gasteiger partial charge in [-0.05, 0) is 25.5 Å². The van der Waals surface area contributed by atoms with Gasteiger partial charge in [0.05, 0.1) is 6.61 Å². The maximum absolute atomic E-state index is 5.04. The summed E-state index contributed by atoms with van der Waals surface area (Å²) in [4.78, 5) is 10.0. The van der Waals surface area contributed by atoms with Crippen LogP contribution >= 0.6 is 0 Å². The van der Waals surface area contributed by atoms with Crippen LogP contribution in [-0.4, -0.2) is 6.61 Å². The molecule has 0 fully saturated rings. The number of para-hydroxylation sites is 1. The summed E-state index contributed by atoms with van der Waals surface area (Å²) in [6, 6.07) is 9.45. The first kappa shape index (κ1) is 10.6. The molecule has 0 bridgehead atoms. The Hall–Kier alpha value is -1.46. The van der Waals surface area contributed by atoms with Gasteiger partial charge in [0.2, 0.25) is 0 Å². The van der Waals surface area contributed by atoms with Gasteiger partial charge < -0.3 is 4.89 Å². The van der Waals surface area contributed by atoms with Crippen molar-refractivity contribution >= 4 is 0 Å². The number of hydrogen-bond acceptors (Lipinski definition) is 2. The number of hydrogen-bond donors (Lipinski definition) is 0. The number of unbranched alkanes of at least 4 members (excludes halogenated alkanes) is 1. The van der Waals surface area contributed by atoms with E-state index in [0.717, 1.165) is 18.6 Å². The van der Waals surface area contributed by atoms with Gasteiger partial charge in [0.1, 0.15) is 0 Å². The van der Waals surface area contributed by atoms with E-state index in [1.165, 1.54) is 0 Å². The zero-order valence-corrected chi connectivity index (χ0v) is 8.32. The maximum Gasteiger partial charge on any atom is 0.165 e. The van der Waals surface area contributed by atoms with Crippen molar-refractivity contribution in [1.82, 2.24) is 0 Å². The van der Waals surface area contributed by atoms with E-state index in [1.807, 2.05) is 37.3 Å². The van der Waals surface area contributed by atoms with Gasteiger partial charge in [0, 0.05) is 6.42 Å². The van der Waals surface area contributed by atoms with Crippen LogP contribution < -0.4 is 4.89 Å². The highest BCUT2D eigenvalue weighted by atomic mass is 17.2. The van der Waals surface area contributed by atoms with Crippen LogP contribution in [0.25, 0.3) is 0 Å². The molecule has 0 atom stereocenters. The van der Waals surface area contributed by atoms with Gasteiger partial charge in [0.25, 0.3) is 0 Å². The third-order valence-electron chi connectivity index (χ3n) is 1.60. The van der Waals surface area contributed by atoms with E-state index in [0.29, 0.717) is 6.61 Å². The minimum atomic E-state index is 0.573. The van der Waals surface area contributed by atoms with Crippen LogP contribution in [0.5, 0.6) is 5.75 Å². The molecule has 0 saturated heterocycles. The van der Waals surface area contributed by atoms with E-state index < -0.39 is 0 Å². The van der Waals surface area contributed by atoms with Crippen molar-refractivity contribution in [1.29, 1.82) is 0 Å². The normalized spacial score (nSPS) is 8.93. The Morgan fingerprint density at radius 1 is 1.21 bits per heavy atom. The van der Waals surface area contributed by atoms with Crippen LogP contribution in [0.1, 0.15) is 19.8 Å². The summed E-state index contributed by atoms with van der Waals surface area (Å²) in [6.45, 7) is 2.41. The second-order valence-corrected chi connectivity index (χ2v) is 2.75. The molecule has 0 amide bonds. The van der Waals surface area contributed by atoms with Crippen molar-refractivity contribution in [3.8, 4) is 17.6 Å². The smallest absolute Gasteiger partial charge is 0.165 e. The molecule has 0 radical (unpaired) electrons. The Morgan fingerprint density at radius 3 is 2.71 bits per heavy atom. The van der Waals surface area contributed by atoms with Crippen molar-refractivity contribution in [3.05, 3.63) is 30.3 Å². The van der Waals surface area contributed by atoms with E-state index in [2.05, 4.69) is 11.8 Å². The van der Waals surface area contributed by atoms with Gasteiger partial charge >= 0.3 is 0 Å². The minimum Gasteiger partial charge on any atom is -0.338 e. The molecule has 0 aliphatic heterocycles. The molecule has 1 aromatic carbocycles. The summed E-state index contributed by atoms with van der Waals surface area (Å²) in [7, 11) is 0. The van der Waals surface area contributed by atoms with Gasteiger partial charge in [-0.2, -0.15) is 4.89 Å². The molecule has 0 aliphatic rings. The number of rotatable bonds is 5. The lowest BCUT2D eigenvalue weighted by Crippen LogP contribution is -1.98. The molecule has 0 aromatic heterocycles. The molecule has 1 rings (SSSR count). The molecule has 0 spiro atoms. The first-order valence-electron chi connectivity index (χ1n) is 4.67. The summed E-state index contributed by atoms with van der Waals surface area (Å²) in [5.41, 5.74) is 0. The fourth-order valence-electron chi connectivity index (χ4n) is 0.930. The highest BCUT2D eigenvalue weighted by Crippen LogP contribution is 2.08. The SMILES string of the molecule is CC#CCCCOOc1ccccc1. The molecular weight excluding hydrogens is 176 g/mol. The van der Waals surface area contributed by atoms with Crippen LogP contribution in [-0.2, 0) is 4.89 Å². The Kier molecular flexibility index (Phi) is 5.30. The van der Waals surface area contributed by atoms with E-state index in [1.54, 1.807) is 0 Å². The summed E-state index contributed by atoms with van der Waals surface area (Å²) >= 11 is 0. The Labute approximate surface area is 84.8 Å². The first-order valence-corrected chi connectivity index (χ1v) is 4.67. The topological polar surface area (TPSA) is 18.5 Å². The van der Waals surface area contributed by atoms with Crippen molar-refractivity contribution in [3.63, 3.8) is 0 Å². The van der Waals surface area contributed by atoms with Crippen LogP contribution in [0.3, 0.4) is 0 Å². The molecule has 0 aliphatic carbocycles. The summed E-state index contributed by atoms with van der Waals surface area (Å²) in [5, 5.41) is 0. The second kappa shape index (κ2) is 6.99. The predicted octanol–water partition coefficient (Wildman–Crippen LogP) is 2.80. The van der Waals surface area contributed by atoms with Crippen molar-refractivity contribution < 1.29 is 9.78 Å². The standard InChI is InChI=1S/C12H14O2/c1-2-3-4-8-11-13-14-12-9-6-5-7-10-12/h5-7,9-10H,4,8,11H2,1H3. The van der Waals surface area contributed by atoms with Gasteiger partial charge in [-0.25, -0.2) is 0 Å². The quantitative estimate of drug-likeness (QED) is 0.307. The fourth-order valence-corrected chi connectivity index (χ4v) is 0.930. The van der Waals surface area contributed by atoms with Gasteiger partial charge in [-0.3, -0.25) is 0 Å². The Balaban J connectivity index is 2.06. The average molecular weight is 190 g/mol. The third kappa shape index (κ3) is 4.54. The molecule has 0 heterocycles. The molecule has 74 valence electrons. The summed E-state index contributed by atoms with van der Waals surface area (Å²) in [6.07, 6.45) is 1.75. The van der Waals surface area contributed by atoms with E-state index in [9.17, 15) is 0 Å². The fraction of sp³-hybridized carbons (Fsp3) is 0.333. The van der Waals surface area contributed by atoms with Gasteiger partial charge in [0.15, 0.2) is 5.75 Å². The molecule has 0 saturated carbocycles. The maximum atomic E-state index is 5.04. The molecule has 2 heteroatoms. The zero-order chi connectivity index (χ0) is 10.1. The lowest BCUT2D eigenvalue weighted by atomic mass is 10.3. The van der Waals surface area contributed by atoms with E-state index in [4.69, 9.17) is 9.78 Å². The second-order valence-electron chi connectivity index (χ2n) is 2.75. The van der Waals surface area contributed by atoms with Gasteiger partial charge in [-0.15, -0.1) is 11.8 Å². The van der Waals surface area contributed by atoms with Crippen molar-refractivity contribution in [2.75, 3.05) is 6.61 Å². The van der Waals surface area contributed by atoms with Crippen LogP contribution in [0, 0.1) is 11.8 Å². The van der Waals surface area contributed by atoms with Crippen LogP contribution in [0.4, 0.5) is 0 Å². The van der Waals surface area contributed by atoms with Crippen LogP contribution in [0.15, 0.2) is 30.3 Å². The highest BCUT2D eigenvalue weighted by Gasteiger charge is 1.91. The Bertz CT molecular complexity index is 295.